The number of aliphatic hydroxyl groups is 1. The predicted octanol–water partition coefficient (Wildman–Crippen LogP) is 1.26. The minimum Gasteiger partial charge on any atom is -0.393 e. The van der Waals surface area contributed by atoms with E-state index in [0.717, 1.165) is 0 Å². The Hall–Kier alpha value is -0.270. The van der Waals surface area contributed by atoms with Crippen molar-refractivity contribution >= 4 is 10.1 Å². The lowest BCUT2D eigenvalue weighted by atomic mass is 9.84. The molecule has 2 aliphatic carbocycles. The lowest BCUT2D eigenvalue weighted by Gasteiger charge is -2.28. The molecule has 94 valence electrons. The first-order valence-electron chi connectivity index (χ1n) is 5.23. The number of halogens is 2. The van der Waals surface area contributed by atoms with Crippen LogP contribution in [0, 0.1) is 17.8 Å². The van der Waals surface area contributed by atoms with Gasteiger partial charge in [-0.3, -0.25) is 4.55 Å². The highest BCUT2D eigenvalue weighted by Gasteiger charge is 2.53. The molecule has 0 radical (unpaired) electrons. The molecular formula is C9H14F2O4S. The first-order chi connectivity index (χ1) is 7.21. The molecule has 0 amide bonds. The van der Waals surface area contributed by atoms with Crippen LogP contribution in [0.5, 0.6) is 0 Å². The molecule has 0 aromatic carbocycles. The van der Waals surface area contributed by atoms with E-state index in [-0.39, 0.29) is 11.8 Å². The van der Waals surface area contributed by atoms with Gasteiger partial charge in [-0.1, -0.05) is 0 Å². The van der Waals surface area contributed by atoms with Gasteiger partial charge in [0.15, 0.2) is 0 Å². The van der Waals surface area contributed by atoms with Crippen LogP contribution in [0.15, 0.2) is 0 Å². The SMILES string of the molecule is O=S(=O)(O)C(F)(F)CC1CC2CC(O)C1C2. The molecule has 2 fully saturated rings. The van der Waals surface area contributed by atoms with Gasteiger partial charge in [0.25, 0.3) is 0 Å². The highest BCUT2D eigenvalue weighted by atomic mass is 32.2. The number of hydrogen-bond donors (Lipinski definition) is 2. The molecule has 2 rings (SSSR count). The second-order valence-electron chi connectivity index (χ2n) is 4.88. The van der Waals surface area contributed by atoms with E-state index in [1.54, 1.807) is 0 Å². The summed E-state index contributed by atoms with van der Waals surface area (Å²) in [6.07, 6.45) is 0.351. The van der Waals surface area contributed by atoms with Crippen LogP contribution in [0.25, 0.3) is 0 Å². The van der Waals surface area contributed by atoms with Crippen LogP contribution in [0.2, 0.25) is 0 Å². The fourth-order valence-corrected chi connectivity index (χ4v) is 3.53. The number of rotatable bonds is 3. The number of fused-ring (bicyclic) bond motifs is 2. The van der Waals surface area contributed by atoms with E-state index in [1.807, 2.05) is 0 Å². The maximum atomic E-state index is 13.1. The minimum absolute atomic E-state index is 0.224. The molecule has 4 unspecified atom stereocenters. The molecule has 2 saturated carbocycles. The third-order valence-electron chi connectivity index (χ3n) is 3.79. The van der Waals surface area contributed by atoms with Crippen molar-refractivity contribution in [2.24, 2.45) is 17.8 Å². The molecule has 0 heterocycles. The Balaban J connectivity index is 2.07. The van der Waals surface area contributed by atoms with Crippen molar-refractivity contribution in [1.82, 2.24) is 0 Å². The quantitative estimate of drug-likeness (QED) is 0.745. The minimum atomic E-state index is -5.34. The van der Waals surface area contributed by atoms with Crippen LogP contribution in [-0.2, 0) is 10.1 Å². The predicted molar refractivity (Wildman–Crippen MR) is 51.4 cm³/mol. The van der Waals surface area contributed by atoms with Crippen LogP contribution < -0.4 is 0 Å². The molecule has 0 aromatic rings. The summed E-state index contributed by atoms with van der Waals surface area (Å²) >= 11 is 0. The monoisotopic (exact) mass is 256 g/mol. The Morgan fingerprint density at radius 1 is 1.25 bits per heavy atom. The summed E-state index contributed by atoms with van der Waals surface area (Å²) in [4.78, 5) is 0. The van der Waals surface area contributed by atoms with Crippen molar-refractivity contribution in [3.8, 4) is 0 Å². The third-order valence-corrected chi connectivity index (χ3v) is 4.71. The van der Waals surface area contributed by atoms with Crippen molar-refractivity contribution in [3.05, 3.63) is 0 Å². The summed E-state index contributed by atoms with van der Waals surface area (Å²) in [5.41, 5.74) is 0. The number of aliphatic hydroxyl groups excluding tert-OH is 1. The highest BCUT2D eigenvalue weighted by molar-refractivity contribution is 7.86. The van der Waals surface area contributed by atoms with Gasteiger partial charge < -0.3 is 5.11 Å². The topological polar surface area (TPSA) is 74.6 Å². The Morgan fingerprint density at radius 2 is 1.88 bits per heavy atom. The van der Waals surface area contributed by atoms with Gasteiger partial charge in [-0.05, 0) is 37.0 Å². The molecule has 0 spiro atoms. The first-order valence-corrected chi connectivity index (χ1v) is 6.67. The molecular weight excluding hydrogens is 242 g/mol. The Labute approximate surface area is 92.4 Å². The maximum Gasteiger partial charge on any atom is 0.370 e. The Morgan fingerprint density at radius 3 is 2.31 bits per heavy atom. The summed E-state index contributed by atoms with van der Waals surface area (Å²) in [7, 11) is -5.34. The molecule has 4 atom stereocenters. The zero-order valence-electron chi connectivity index (χ0n) is 8.51. The molecule has 0 saturated heterocycles. The zero-order chi connectivity index (χ0) is 12.1. The molecule has 2 bridgehead atoms. The van der Waals surface area contributed by atoms with Crippen molar-refractivity contribution in [1.29, 1.82) is 0 Å². The standard InChI is InChI=1S/C9H14F2O4S/c10-9(11,16(13,14)15)4-6-1-5-2-7(6)8(12)3-5/h5-8,12H,1-4H2,(H,13,14,15). The smallest absolute Gasteiger partial charge is 0.370 e. The third kappa shape index (κ3) is 1.96. The average Bonchev–Trinajstić information content (AvgIpc) is 2.58. The van der Waals surface area contributed by atoms with Gasteiger partial charge in [-0.25, -0.2) is 0 Å². The number of alkyl halides is 2. The zero-order valence-corrected chi connectivity index (χ0v) is 9.33. The summed E-state index contributed by atoms with van der Waals surface area (Å²) in [6.45, 7) is 0. The number of hydrogen-bond acceptors (Lipinski definition) is 3. The summed E-state index contributed by atoms with van der Waals surface area (Å²) < 4.78 is 55.6. The van der Waals surface area contributed by atoms with E-state index in [1.165, 1.54) is 0 Å². The van der Waals surface area contributed by atoms with Crippen LogP contribution >= 0.6 is 0 Å². The Kier molecular flexibility index (Phi) is 2.75. The van der Waals surface area contributed by atoms with Gasteiger partial charge in [-0.2, -0.15) is 17.2 Å². The first kappa shape index (κ1) is 12.2. The molecule has 4 nitrogen and oxygen atoms in total. The van der Waals surface area contributed by atoms with Crippen molar-refractivity contribution < 1.29 is 26.9 Å². The molecule has 2 N–H and O–H groups in total. The van der Waals surface area contributed by atoms with E-state index in [4.69, 9.17) is 4.55 Å². The Bertz CT molecular complexity index is 381. The van der Waals surface area contributed by atoms with Crippen molar-refractivity contribution in [2.45, 2.75) is 37.0 Å². The largest absolute Gasteiger partial charge is 0.393 e. The molecule has 16 heavy (non-hydrogen) atoms. The van der Waals surface area contributed by atoms with Gasteiger partial charge in [0.1, 0.15) is 0 Å². The molecule has 7 heteroatoms. The maximum absolute atomic E-state index is 13.1. The van der Waals surface area contributed by atoms with Gasteiger partial charge in [0.05, 0.1) is 6.10 Å². The van der Waals surface area contributed by atoms with Crippen LogP contribution in [-0.4, -0.2) is 29.4 Å². The van der Waals surface area contributed by atoms with Gasteiger partial charge >= 0.3 is 15.4 Å². The lowest BCUT2D eigenvalue weighted by molar-refractivity contribution is 0.0144. The van der Waals surface area contributed by atoms with Crippen LogP contribution in [0.3, 0.4) is 0 Å². The molecule has 2 aliphatic rings. The van der Waals surface area contributed by atoms with E-state index in [0.29, 0.717) is 19.3 Å². The van der Waals surface area contributed by atoms with Crippen molar-refractivity contribution in [3.63, 3.8) is 0 Å². The second-order valence-corrected chi connectivity index (χ2v) is 6.43. The van der Waals surface area contributed by atoms with E-state index >= 15 is 0 Å². The van der Waals surface area contributed by atoms with Gasteiger partial charge in [0, 0.05) is 6.42 Å². The van der Waals surface area contributed by atoms with E-state index in [9.17, 15) is 22.3 Å². The van der Waals surface area contributed by atoms with Crippen molar-refractivity contribution in [2.75, 3.05) is 0 Å². The normalized spacial score (nSPS) is 39.2. The highest BCUT2D eigenvalue weighted by Crippen LogP contribution is 2.51. The fourth-order valence-electron chi connectivity index (χ4n) is 3.10. The average molecular weight is 256 g/mol. The van der Waals surface area contributed by atoms with Crippen LogP contribution in [0.4, 0.5) is 8.78 Å². The van der Waals surface area contributed by atoms with Crippen LogP contribution in [0.1, 0.15) is 25.7 Å². The van der Waals surface area contributed by atoms with E-state index in [2.05, 4.69) is 0 Å². The summed E-state index contributed by atoms with van der Waals surface area (Å²) in [5, 5.41) is 5.44. The lowest BCUT2D eigenvalue weighted by Crippen LogP contribution is -2.35. The van der Waals surface area contributed by atoms with Gasteiger partial charge in [0.2, 0.25) is 0 Å². The fraction of sp³-hybridized carbons (Fsp3) is 1.00. The summed E-state index contributed by atoms with van der Waals surface area (Å²) in [6, 6.07) is 0. The molecule has 0 aromatic heterocycles. The van der Waals surface area contributed by atoms with E-state index < -0.39 is 33.8 Å². The second kappa shape index (κ2) is 3.61. The van der Waals surface area contributed by atoms with Gasteiger partial charge in [-0.15, -0.1) is 0 Å². The molecule has 0 aliphatic heterocycles. The summed E-state index contributed by atoms with van der Waals surface area (Å²) in [5.74, 6) is -0.523.